The second kappa shape index (κ2) is 10.3. The number of carbonyl (C=O) groups is 2. The predicted molar refractivity (Wildman–Crippen MR) is 132 cm³/mol. The number of nitrogens with one attached hydrogen (secondary N) is 1. The molecule has 33 heavy (non-hydrogen) atoms. The summed E-state index contributed by atoms with van der Waals surface area (Å²) in [6, 6.07) is 9.87. The van der Waals surface area contributed by atoms with E-state index in [2.05, 4.69) is 15.2 Å². The van der Waals surface area contributed by atoms with Gasteiger partial charge in [-0.15, -0.1) is 11.3 Å². The summed E-state index contributed by atoms with van der Waals surface area (Å²) in [4.78, 5) is 34.8. The van der Waals surface area contributed by atoms with E-state index in [0.29, 0.717) is 24.6 Å². The smallest absolute Gasteiger partial charge is 0.231 e. The molecule has 3 rings (SSSR count). The summed E-state index contributed by atoms with van der Waals surface area (Å²) < 4.78 is 0. The van der Waals surface area contributed by atoms with Crippen LogP contribution in [0.5, 0.6) is 0 Å². The van der Waals surface area contributed by atoms with Gasteiger partial charge in [0, 0.05) is 49.1 Å². The third-order valence-electron chi connectivity index (χ3n) is 6.38. The van der Waals surface area contributed by atoms with E-state index in [0.717, 1.165) is 18.5 Å². The highest BCUT2D eigenvalue weighted by Gasteiger charge is 2.42. The van der Waals surface area contributed by atoms with Gasteiger partial charge in [0.05, 0.1) is 12.1 Å². The van der Waals surface area contributed by atoms with E-state index in [9.17, 15) is 14.7 Å². The molecule has 1 aromatic heterocycles. The number of anilines is 1. The molecule has 2 heterocycles. The average Bonchev–Trinajstić information content (AvgIpc) is 3.42. The van der Waals surface area contributed by atoms with Crippen LogP contribution in [0.15, 0.2) is 41.9 Å². The van der Waals surface area contributed by atoms with Crippen LogP contribution < -0.4 is 5.32 Å². The van der Waals surface area contributed by atoms with Gasteiger partial charge in [0.1, 0.15) is 0 Å². The van der Waals surface area contributed by atoms with Crippen molar-refractivity contribution in [1.82, 2.24) is 14.8 Å². The lowest BCUT2D eigenvalue weighted by molar-refractivity contribution is -0.144. The van der Waals surface area contributed by atoms with Gasteiger partial charge in [-0.3, -0.25) is 14.5 Å². The van der Waals surface area contributed by atoms with E-state index in [-0.39, 0.29) is 24.0 Å². The Kier molecular flexibility index (Phi) is 7.92. The molecule has 1 aliphatic heterocycles. The molecule has 0 saturated carbocycles. The molecule has 8 heteroatoms. The first-order valence-electron chi connectivity index (χ1n) is 11.4. The Labute approximate surface area is 200 Å². The third-order valence-corrected chi connectivity index (χ3v) is 7.07. The van der Waals surface area contributed by atoms with E-state index in [4.69, 9.17) is 0 Å². The number of aromatic nitrogens is 1. The highest BCUT2D eigenvalue weighted by atomic mass is 32.1. The number of thiazole rings is 1. The van der Waals surface area contributed by atoms with Crippen LogP contribution in [0.1, 0.15) is 52.1 Å². The molecule has 1 aliphatic rings. The number of benzene rings is 1. The van der Waals surface area contributed by atoms with Crippen molar-refractivity contribution in [2.75, 3.05) is 32.0 Å². The average molecular weight is 473 g/mol. The molecule has 0 unspecified atom stereocenters. The number of amides is 2. The van der Waals surface area contributed by atoms with E-state index in [1.165, 1.54) is 11.3 Å². The zero-order valence-corrected chi connectivity index (χ0v) is 21.1. The fraction of sp³-hybridized carbons (Fsp3) is 0.560. The first-order valence-corrected chi connectivity index (χ1v) is 12.3. The highest BCUT2D eigenvalue weighted by molar-refractivity contribution is 7.13. The molecule has 1 fully saturated rings. The first kappa shape index (κ1) is 25.3. The van der Waals surface area contributed by atoms with Gasteiger partial charge in [0.25, 0.3) is 0 Å². The van der Waals surface area contributed by atoms with Crippen LogP contribution in [0.2, 0.25) is 0 Å². The Hall–Kier alpha value is -2.29. The van der Waals surface area contributed by atoms with Crippen molar-refractivity contribution < 1.29 is 14.7 Å². The summed E-state index contributed by atoms with van der Waals surface area (Å²) in [6.07, 6.45) is 2.49. The number of hydrogen-bond acceptors (Lipinski definition) is 6. The Morgan fingerprint density at radius 1 is 1.24 bits per heavy atom. The van der Waals surface area contributed by atoms with Gasteiger partial charge in [-0.05, 0) is 18.4 Å². The topological polar surface area (TPSA) is 85.8 Å². The van der Waals surface area contributed by atoms with Crippen molar-refractivity contribution in [3.05, 3.63) is 47.5 Å². The molecular formula is C25H36N4O3S. The predicted octanol–water partition coefficient (Wildman–Crippen LogP) is 3.79. The molecule has 0 aliphatic carbocycles. The van der Waals surface area contributed by atoms with E-state index in [1.54, 1.807) is 6.20 Å². The molecule has 0 radical (unpaired) electrons. The van der Waals surface area contributed by atoms with Crippen LogP contribution in [0.3, 0.4) is 0 Å². The molecule has 180 valence electrons. The largest absolute Gasteiger partial charge is 0.392 e. The number of β-amino-alcohol motifs (C(OH)–C–C–N with tert-alkyl or cyclic N) is 1. The number of carbonyl (C=O) groups excluding carboxylic acids is 2. The lowest BCUT2D eigenvalue weighted by Crippen LogP contribution is -2.47. The molecular weight excluding hydrogens is 436 g/mol. The molecule has 1 saturated heterocycles. The number of likely N-dealkylation sites (N-methyl/N-ethyl adjacent to an activating group) is 1. The SMILES string of the molecule is CN(C(=O)C(C)(C)CC(C)(C)C(=O)Nc1nccs1)[C@H](CN1CC[C@H](O)C1)c1ccccc1. The standard InChI is InChI=1S/C25H36N4O3S/c1-24(2,21(31)27-23-26-12-14-33-23)17-25(3,4)22(32)28(5)20(18-9-7-6-8-10-18)16-29-13-11-19(30)15-29/h6-10,12,14,19-20,30H,11,13,15-17H2,1-5H3,(H,26,27,31)/t19-,20+/m0/s1. The molecule has 2 aromatic rings. The Morgan fingerprint density at radius 2 is 1.94 bits per heavy atom. The number of nitrogens with zero attached hydrogens (tertiary/aromatic N) is 3. The van der Waals surface area contributed by atoms with Crippen LogP contribution >= 0.6 is 11.3 Å². The summed E-state index contributed by atoms with van der Waals surface area (Å²) in [5.41, 5.74) is -0.450. The van der Waals surface area contributed by atoms with Crippen molar-refractivity contribution in [2.45, 2.75) is 52.7 Å². The quantitative estimate of drug-likeness (QED) is 0.580. The van der Waals surface area contributed by atoms with Crippen molar-refractivity contribution >= 4 is 28.3 Å². The summed E-state index contributed by atoms with van der Waals surface area (Å²) >= 11 is 1.37. The van der Waals surface area contributed by atoms with Crippen molar-refractivity contribution in [2.24, 2.45) is 10.8 Å². The maximum Gasteiger partial charge on any atom is 0.231 e. The van der Waals surface area contributed by atoms with Crippen molar-refractivity contribution in [1.29, 1.82) is 0 Å². The fourth-order valence-corrected chi connectivity index (χ4v) is 5.30. The molecule has 7 nitrogen and oxygen atoms in total. The summed E-state index contributed by atoms with van der Waals surface area (Å²) in [6.45, 7) is 9.65. The van der Waals surface area contributed by atoms with Crippen LogP contribution in [-0.4, -0.2) is 64.5 Å². The first-order chi connectivity index (χ1) is 15.5. The maximum absolute atomic E-state index is 13.8. The van der Waals surface area contributed by atoms with Crippen LogP contribution in [0, 0.1) is 10.8 Å². The summed E-state index contributed by atoms with van der Waals surface area (Å²) in [7, 11) is 1.84. The van der Waals surface area contributed by atoms with Gasteiger partial charge in [-0.2, -0.15) is 0 Å². The molecule has 2 N–H and O–H groups in total. The van der Waals surface area contributed by atoms with E-state index in [1.807, 2.05) is 75.4 Å². The molecule has 2 amide bonds. The monoisotopic (exact) mass is 472 g/mol. The molecule has 0 spiro atoms. The van der Waals surface area contributed by atoms with Gasteiger partial charge in [0.15, 0.2) is 5.13 Å². The molecule has 1 aromatic carbocycles. The number of aliphatic hydroxyl groups excluding tert-OH is 1. The number of rotatable bonds is 9. The minimum absolute atomic E-state index is 0.00813. The molecule has 0 bridgehead atoms. The van der Waals surface area contributed by atoms with Gasteiger partial charge >= 0.3 is 0 Å². The highest BCUT2D eigenvalue weighted by Crippen LogP contribution is 2.38. The van der Waals surface area contributed by atoms with Crippen LogP contribution in [-0.2, 0) is 9.59 Å². The maximum atomic E-state index is 13.8. The fourth-order valence-electron chi connectivity index (χ4n) is 4.78. The van der Waals surface area contributed by atoms with Gasteiger partial charge < -0.3 is 15.3 Å². The summed E-state index contributed by atoms with van der Waals surface area (Å²) in [5.74, 6) is -0.155. The minimum Gasteiger partial charge on any atom is -0.392 e. The summed E-state index contributed by atoms with van der Waals surface area (Å²) in [5, 5.41) is 15.2. The number of likely N-dealkylation sites (tertiary alicyclic amines) is 1. The van der Waals surface area contributed by atoms with Gasteiger partial charge in [-0.1, -0.05) is 58.0 Å². The minimum atomic E-state index is -0.757. The number of hydrogen-bond donors (Lipinski definition) is 2. The van der Waals surface area contributed by atoms with E-state index < -0.39 is 10.8 Å². The lowest BCUT2D eigenvalue weighted by Gasteiger charge is -2.39. The second-order valence-corrected chi connectivity index (χ2v) is 11.2. The molecule has 2 atom stereocenters. The van der Waals surface area contributed by atoms with Crippen molar-refractivity contribution in [3.63, 3.8) is 0 Å². The zero-order valence-electron chi connectivity index (χ0n) is 20.2. The lowest BCUT2D eigenvalue weighted by atomic mass is 9.73. The second-order valence-electron chi connectivity index (χ2n) is 10.3. The van der Waals surface area contributed by atoms with Crippen LogP contribution in [0.25, 0.3) is 0 Å². The Balaban J connectivity index is 1.75. The van der Waals surface area contributed by atoms with E-state index >= 15 is 0 Å². The van der Waals surface area contributed by atoms with Gasteiger partial charge in [-0.25, -0.2) is 4.98 Å². The Morgan fingerprint density at radius 3 is 2.52 bits per heavy atom. The third kappa shape index (κ3) is 6.40. The zero-order chi connectivity index (χ0) is 24.2. The van der Waals surface area contributed by atoms with Gasteiger partial charge in [0.2, 0.25) is 11.8 Å². The normalized spacial score (nSPS) is 18.2. The Bertz CT molecular complexity index is 930. The van der Waals surface area contributed by atoms with Crippen molar-refractivity contribution in [3.8, 4) is 0 Å². The number of aliphatic hydroxyl groups is 1. The van der Waals surface area contributed by atoms with Crippen LogP contribution in [0.4, 0.5) is 5.13 Å².